The topological polar surface area (TPSA) is 46.0 Å². The van der Waals surface area contributed by atoms with Crippen LogP contribution in [0.5, 0.6) is 0 Å². The first-order chi connectivity index (χ1) is 5.89. The standard InChI is InChI=1S/C8H13N3O/c1-3-7-4-2-6(1)5-8(7)9-10-11-12-8/h6-7H,1-5H2,(H,9,11). The van der Waals surface area contributed by atoms with Gasteiger partial charge in [-0.05, 0) is 36.8 Å². The summed E-state index contributed by atoms with van der Waals surface area (Å²) in [6, 6.07) is 0. The highest BCUT2D eigenvalue weighted by molar-refractivity contribution is 4.96. The van der Waals surface area contributed by atoms with Crippen molar-refractivity contribution in [2.24, 2.45) is 22.3 Å². The first-order valence-corrected chi connectivity index (χ1v) is 4.74. The van der Waals surface area contributed by atoms with Gasteiger partial charge in [-0.1, -0.05) is 0 Å². The monoisotopic (exact) mass is 167 g/mol. The average Bonchev–Trinajstić information content (AvgIpc) is 2.55. The highest BCUT2D eigenvalue weighted by Gasteiger charge is 2.52. The molecular formula is C8H13N3O. The average molecular weight is 167 g/mol. The molecule has 0 aromatic rings. The van der Waals surface area contributed by atoms with E-state index in [2.05, 4.69) is 15.9 Å². The van der Waals surface area contributed by atoms with E-state index in [4.69, 9.17) is 4.84 Å². The molecule has 0 aromatic carbocycles. The second-order valence-electron chi connectivity index (χ2n) is 4.20. The molecule has 1 unspecified atom stereocenters. The van der Waals surface area contributed by atoms with Gasteiger partial charge in [0, 0.05) is 17.6 Å². The van der Waals surface area contributed by atoms with Crippen LogP contribution in [-0.2, 0) is 4.84 Å². The Morgan fingerprint density at radius 2 is 2.08 bits per heavy atom. The maximum atomic E-state index is 5.36. The summed E-state index contributed by atoms with van der Waals surface area (Å²) in [5, 5.41) is 7.32. The molecule has 4 nitrogen and oxygen atoms in total. The van der Waals surface area contributed by atoms with Crippen molar-refractivity contribution in [3.8, 4) is 0 Å². The molecule has 4 aliphatic rings. The number of fused-ring (bicyclic) bond motifs is 2. The zero-order chi connectivity index (χ0) is 8.02. The number of nitrogens with zero attached hydrogens (tertiary/aromatic N) is 2. The summed E-state index contributed by atoms with van der Waals surface area (Å²) < 4.78 is 0. The first kappa shape index (κ1) is 6.69. The fraction of sp³-hybridized carbons (Fsp3) is 1.00. The SMILES string of the molecule is C1CC2CCC1CC21NN=NO1. The molecule has 4 rings (SSSR count). The van der Waals surface area contributed by atoms with E-state index >= 15 is 0 Å². The lowest BCUT2D eigenvalue weighted by molar-refractivity contribution is -0.139. The van der Waals surface area contributed by atoms with Crippen molar-refractivity contribution in [1.29, 1.82) is 0 Å². The maximum absolute atomic E-state index is 5.36. The molecule has 0 radical (unpaired) electrons. The lowest BCUT2D eigenvalue weighted by Crippen LogP contribution is -2.54. The van der Waals surface area contributed by atoms with Gasteiger partial charge in [0.05, 0.1) is 0 Å². The molecule has 66 valence electrons. The molecule has 1 aliphatic heterocycles. The summed E-state index contributed by atoms with van der Waals surface area (Å²) in [4.78, 5) is 5.36. The fourth-order valence-electron chi connectivity index (χ4n) is 2.90. The molecule has 1 atom stereocenters. The van der Waals surface area contributed by atoms with Gasteiger partial charge in [0.15, 0.2) is 0 Å². The molecule has 2 bridgehead atoms. The zero-order valence-electron chi connectivity index (χ0n) is 6.99. The van der Waals surface area contributed by atoms with Crippen LogP contribution in [0.25, 0.3) is 0 Å². The predicted molar refractivity (Wildman–Crippen MR) is 41.9 cm³/mol. The molecule has 4 heteroatoms. The van der Waals surface area contributed by atoms with Gasteiger partial charge in [-0.3, -0.25) is 0 Å². The molecule has 0 saturated heterocycles. The Bertz CT molecular complexity index is 212. The summed E-state index contributed by atoms with van der Waals surface area (Å²) in [7, 11) is 0. The molecule has 3 aliphatic carbocycles. The number of rotatable bonds is 0. The Labute approximate surface area is 71.3 Å². The largest absolute Gasteiger partial charge is 0.348 e. The Morgan fingerprint density at radius 1 is 1.25 bits per heavy atom. The third-order valence-electron chi connectivity index (χ3n) is 3.58. The molecule has 1 N–H and O–H groups in total. The van der Waals surface area contributed by atoms with Crippen LogP contribution in [0.1, 0.15) is 32.1 Å². The van der Waals surface area contributed by atoms with E-state index in [0.717, 1.165) is 12.3 Å². The normalized spacial score (nSPS) is 49.3. The maximum Gasteiger partial charge on any atom is 0.228 e. The van der Waals surface area contributed by atoms with E-state index in [-0.39, 0.29) is 5.72 Å². The van der Waals surface area contributed by atoms with E-state index in [0.29, 0.717) is 5.92 Å². The minimum atomic E-state index is -0.193. The Kier molecular flexibility index (Phi) is 1.18. The molecule has 12 heavy (non-hydrogen) atoms. The van der Waals surface area contributed by atoms with Gasteiger partial charge in [0.1, 0.15) is 0 Å². The lowest BCUT2D eigenvalue weighted by atomic mass is 9.66. The zero-order valence-corrected chi connectivity index (χ0v) is 6.99. The molecule has 3 fully saturated rings. The Morgan fingerprint density at radius 3 is 2.58 bits per heavy atom. The molecule has 1 heterocycles. The van der Waals surface area contributed by atoms with E-state index in [9.17, 15) is 0 Å². The van der Waals surface area contributed by atoms with Crippen LogP contribution >= 0.6 is 0 Å². The minimum Gasteiger partial charge on any atom is -0.348 e. The predicted octanol–water partition coefficient (Wildman–Crippen LogP) is 1.79. The van der Waals surface area contributed by atoms with Gasteiger partial charge < -0.3 is 4.84 Å². The molecular weight excluding hydrogens is 154 g/mol. The van der Waals surface area contributed by atoms with Crippen LogP contribution in [0.2, 0.25) is 0 Å². The van der Waals surface area contributed by atoms with Crippen LogP contribution in [0.15, 0.2) is 10.5 Å². The van der Waals surface area contributed by atoms with Crippen molar-refractivity contribution < 1.29 is 4.84 Å². The number of nitrogens with one attached hydrogen (secondary N) is 1. The van der Waals surface area contributed by atoms with Gasteiger partial charge in [0.2, 0.25) is 5.72 Å². The van der Waals surface area contributed by atoms with Crippen LogP contribution < -0.4 is 5.43 Å². The van der Waals surface area contributed by atoms with E-state index in [1.807, 2.05) is 0 Å². The smallest absolute Gasteiger partial charge is 0.228 e. The Balaban J connectivity index is 1.87. The van der Waals surface area contributed by atoms with E-state index < -0.39 is 0 Å². The molecule has 0 amide bonds. The first-order valence-electron chi connectivity index (χ1n) is 4.74. The van der Waals surface area contributed by atoms with Gasteiger partial charge in [-0.15, -0.1) is 0 Å². The van der Waals surface area contributed by atoms with Crippen molar-refractivity contribution in [1.82, 2.24) is 5.43 Å². The minimum absolute atomic E-state index is 0.193. The molecule has 3 saturated carbocycles. The summed E-state index contributed by atoms with van der Waals surface area (Å²) in [5.41, 5.74) is 2.85. The molecule has 0 aromatic heterocycles. The second kappa shape index (κ2) is 2.12. The lowest BCUT2D eigenvalue weighted by Gasteiger charge is -2.46. The highest BCUT2D eigenvalue weighted by Crippen LogP contribution is 2.49. The van der Waals surface area contributed by atoms with Gasteiger partial charge in [-0.2, -0.15) is 0 Å². The third kappa shape index (κ3) is 0.726. The summed E-state index contributed by atoms with van der Waals surface area (Å²) in [6.45, 7) is 0. The Hall–Kier alpha value is -0.800. The second-order valence-corrected chi connectivity index (χ2v) is 4.20. The van der Waals surface area contributed by atoms with Crippen molar-refractivity contribution in [2.75, 3.05) is 0 Å². The fourth-order valence-corrected chi connectivity index (χ4v) is 2.90. The van der Waals surface area contributed by atoms with Crippen LogP contribution in [0.3, 0.4) is 0 Å². The van der Waals surface area contributed by atoms with Gasteiger partial charge in [0.25, 0.3) is 0 Å². The molecule has 1 spiro atoms. The third-order valence-corrected chi connectivity index (χ3v) is 3.58. The van der Waals surface area contributed by atoms with Crippen LogP contribution in [-0.4, -0.2) is 5.72 Å². The number of hydrogen-bond donors (Lipinski definition) is 1. The van der Waals surface area contributed by atoms with Crippen molar-refractivity contribution in [3.63, 3.8) is 0 Å². The van der Waals surface area contributed by atoms with E-state index in [1.54, 1.807) is 0 Å². The quantitative estimate of drug-likeness (QED) is 0.598. The van der Waals surface area contributed by atoms with Crippen molar-refractivity contribution >= 4 is 0 Å². The summed E-state index contributed by atoms with van der Waals surface area (Å²) >= 11 is 0. The van der Waals surface area contributed by atoms with E-state index in [1.165, 1.54) is 25.7 Å². The van der Waals surface area contributed by atoms with Gasteiger partial charge >= 0.3 is 0 Å². The highest BCUT2D eigenvalue weighted by atomic mass is 16.7. The van der Waals surface area contributed by atoms with Crippen molar-refractivity contribution in [3.05, 3.63) is 0 Å². The van der Waals surface area contributed by atoms with Crippen LogP contribution in [0, 0.1) is 11.8 Å². The summed E-state index contributed by atoms with van der Waals surface area (Å²) in [6.07, 6.45) is 6.41. The summed E-state index contributed by atoms with van der Waals surface area (Å²) in [5.74, 6) is 1.48. The number of hydrogen-bond acceptors (Lipinski definition) is 4. The van der Waals surface area contributed by atoms with Crippen LogP contribution in [0.4, 0.5) is 0 Å². The van der Waals surface area contributed by atoms with Crippen molar-refractivity contribution in [2.45, 2.75) is 37.8 Å². The van der Waals surface area contributed by atoms with Gasteiger partial charge in [-0.25, -0.2) is 5.43 Å².